The van der Waals surface area contributed by atoms with Crippen LogP contribution in [0, 0.1) is 0 Å². The zero-order valence-electron chi connectivity index (χ0n) is 6.52. The number of nitrogens with zero attached hydrogens (tertiary/aromatic N) is 4. The van der Waals surface area contributed by atoms with Gasteiger partial charge in [-0.3, -0.25) is 4.68 Å². The summed E-state index contributed by atoms with van der Waals surface area (Å²) in [5, 5.41) is 3.98. The van der Waals surface area contributed by atoms with Crippen molar-refractivity contribution in [3.05, 3.63) is 6.20 Å². The summed E-state index contributed by atoms with van der Waals surface area (Å²) in [6.07, 6.45) is 1.60. The van der Waals surface area contributed by atoms with Crippen LogP contribution in [0.1, 0.15) is 0 Å². The lowest BCUT2D eigenvalue weighted by atomic mass is 10.4. The zero-order chi connectivity index (χ0) is 8.72. The first-order valence-electron chi connectivity index (χ1n) is 3.39. The van der Waals surface area contributed by atoms with E-state index in [0.29, 0.717) is 16.9 Å². The van der Waals surface area contributed by atoms with E-state index in [0.717, 1.165) is 0 Å². The van der Waals surface area contributed by atoms with Gasteiger partial charge in [-0.1, -0.05) is 0 Å². The maximum atomic E-state index is 5.61. The van der Waals surface area contributed by atoms with E-state index in [1.165, 1.54) is 0 Å². The predicted molar refractivity (Wildman–Crippen MR) is 45.1 cm³/mol. The molecule has 0 aromatic carbocycles. The lowest BCUT2D eigenvalue weighted by Gasteiger charge is -1.98. The summed E-state index contributed by atoms with van der Waals surface area (Å²) in [7, 11) is 1.78. The van der Waals surface area contributed by atoms with Crippen LogP contribution >= 0.6 is 0 Å². The van der Waals surface area contributed by atoms with Crippen molar-refractivity contribution in [3.63, 3.8) is 0 Å². The Hall–Kier alpha value is -1.85. The molecule has 0 atom stereocenters. The molecule has 6 nitrogen and oxygen atoms in total. The minimum absolute atomic E-state index is 0.174. The van der Waals surface area contributed by atoms with Crippen LogP contribution < -0.4 is 11.5 Å². The minimum Gasteiger partial charge on any atom is -0.382 e. The van der Waals surface area contributed by atoms with Gasteiger partial charge in [0.1, 0.15) is 11.0 Å². The Labute approximate surface area is 68.2 Å². The van der Waals surface area contributed by atoms with Gasteiger partial charge in [0.05, 0.1) is 6.20 Å². The number of fused-ring (bicyclic) bond motifs is 1. The topological polar surface area (TPSA) is 95.6 Å². The van der Waals surface area contributed by atoms with Gasteiger partial charge in [0.2, 0.25) is 5.95 Å². The number of nitrogens with two attached hydrogens (primary N) is 2. The molecule has 6 heteroatoms. The number of hydrogen-bond donors (Lipinski definition) is 2. The van der Waals surface area contributed by atoms with Crippen LogP contribution in [-0.4, -0.2) is 19.7 Å². The molecule has 2 heterocycles. The van der Waals surface area contributed by atoms with Crippen molar-refractivity contribution in [2.45, 2.75) is 0 Å². The van der Waals surface area contributed by atoms with Crippen molar-refractivity contribution >= 4 is 22.8 Å². The highest BCUT2D eigenvalue weighted by Gasteiger charge is 2.06. The molecule has 0 radical (unpaired) electrons. The summed E-state index contributed by atoms with van der Waals surface area (Å²) in [5.41, 5.74) is 12.4. The Balaban J connectivity index is 2.93. The van der Waals surface area contributed by atoms with Crippen LogP contribution in [0.15, 0.2) is 6.20 Å². The van der Waals surface area contributed by atoms with Crippen molar-refractivity contribution in [2.24, 2.45) is 7.05 Å². The smallest absolute Gasteiger partial charge is 0.222 e. The van der Waals surface area contributed by atoms with E-state index in [2.05, 4.69) is 15.1 Å². The Kier molecular flexibility index (Phi) is 1.18. The quantitative estimate of drug-likeness (QED) is 0.548. The number of anilines is 2. The first kappa shape index (κ1) is 6.84. The highest BCUT2D eigenvalue weighted by atomic mass is 15.3. The van der Waals surface area contributed by atoms with E-state index in [9.17, 15) is 0 Å². The molecule has 62 valence electrons. The maximum Gasteiger partial charge on any atom is 0.222 e. The first-order valence-corrected chi connectivity index (χ1v) is 3.39. The van der Waals surface area contributed by atoms with Gasteiger partial charge >= 0.3 is 0 Å². The lowest BCUT2D eigenvalue weighted by molar-refractivity contribution is 0.796. The highest BCUT2D eigenvalue weighted by Crippen LogP contribution is 2.16. The summed E-state index contributed by atoms with van der Waals surface area (Å²) < 4.78 is 1.62. The number of rotatable bonds is 0. The monoisotopic (exact) mass is 164 g/mol. The van der Waals surface area contributed by atoms with Crippen LogP contribution in [0.25, 0.3) is 11.0 Å². The molecule has 0 fully saturated rings. The Morgan fingerprint density at radius 3 is 2.83 bits per heavy atom. The molecule has 0 spiro atoms. The molecule has 2 rings (SSSR count). The van der Waals surface area contributed by atoms with Crippen molar-refractivity contribution in [3.8, 4) is 0 Å². The molecule has 4 N–H and O–H groups in total. The Morgan fingerprint density at radius 1 is 1.33 bits per heavy atom. The molecule has 0 unspecified atom stereocenters. The van der Waals surface area contributed by atoms with Crippen LogP contribution in [0.2, 0.25) is 0 Å². The molecular formula is C6H8N6. The van der Waals surface area contributed by atoms with Crippen molar-refractivity contribution in [2.75, 3.05) is 11.5 Å². The third kappa shape index (κ3) is 0.777. The first-order chi connectivity index (χ1) is 5.68. The fraction of sp³-hybridized carbons (Fsp3) is 0.167. The van der Waals surface area contributed by atoms with E-state index in [1.54, 1.807) is 17.9 Å². The van der Waals surface area contributed by atoms with E-state index < -0.39 is 0 Å². The molecule has 0 saturated carbocycles. The summed E-state index contributed by atoms with van der Waals surface area (Å²) in [6.45, 7) is 0. The van der Waals surface area contributed by atoms with Crippen LogP contribution in [-0.2, 0) is 7.05 Å². The third-order valence-corrected chi connectivity index (χ3v) is 1.63. The second-order valence-corrected chi connectivity index (χ2v) is 2.47. The van der Waals surface area contributed by atoms with Gasteiger partial charge < -0.3 is 11.5 Å². The molecule has 0 amide bonds. The Morgan fingerprint density at radius 2 is 2.08 bits per heavy atom. The largest absolute Gasteiger partial charge is 0.382 e. The molecular weight excluding hydrogens is 156 g/mol. The van der Waals surface area contributed by atoms with Crippen LogP contribution in [0.3, 0.4) is 0 Å². The summed E-state index contributed by atoms with van der Waals surface area (Å²) >= 11 is 0. The SMILES string of the molecule is Cn1ncc2nc(N)nc(N)c21. The maximum absolute atomic E-state index is 5.61. The summed E-state index contributed by atoms with van der Waals surface area (Å²) in [6, 6.07) is 0. The number of aryl methyl sites for hydroxylation is 1. The normalized spacial score (nSPS) is 10.8. The van der Waals surface area contributed by atoms with Crippen molar-refractivity contribution < 1.29 is 0 Å². The fourth-order valence-electron chi connectivity index (χ4n) is 1.13. The second-order valence-electron chi connectivity index (χ2n) is 2.47. The van der Waals surface area contributed by atoms with Gasteiger partial charge in [0.15, 0.2) is 5.82 Å². The fourth-order valence-corrected chi connectivity index (χ4v) is 1.13. The molecule has 0 aliphatic carbocycles. The minimum atomic E-state index is 0.174. The van der Waals surface area contributed by atoms with E-state index in [1.807, 2.05) is 0 Å². The highest BCUT2D eigenvalue weighted by molar-refractivity contribution is 5.84. The van der Waals surface area contributed by atoms with Crippen LogP contribution in [0.5, 0.6) is 0 Å². The average molecular weight is 164 g/mol. The van der Waals surface area contributed by atoms with Gasteiger partial charge in [-0.2, -0.15) is 10.1 Å². The van der Waals surface area contributed by atoms with Gasteiger partial charge in [0, 0.05) is 7.05 Å². The Bertz CT molecular complexity index is 431. The molecule has 0 saturated heterocycles. The lowest BCUT2D eigenvalue weighted by Crippen LogP contribution is -2.02. The molecule has 0 aliphatic rings. The predicted octanol–water partition coefficient (Wildman–Crippen LogP) is -0.472. The van der Waals surface area contributed by atoms with Crippen LogP contribution in [0.4, 0.5) is 11.8 Å². The van der Waals surface area contributed by atoms with Gasteiger partial charge in [-0.25, -0.2) is 4.98 Å². The van der Waals surface area contributed by atoms with E-state index in [4.69, 9.17) is 11.5 Å². The summed E-state index contributed by atoms with van der Waals surface area (Å²) in [5.74, 6) is 0.533. The van der Waals surface area contributed by atoms with E-state index in [-0.39, 0.29) is 5.95 Å². The zero-order valence-corrected chi connectivity index (χ0v) is 6.52. The number of nitrogen functional groups attached to an aromatic ring is 2. The van der Waals surface area contributed by atoms with Gasteiger partial charge in [0.25, 0.3) is 0 Å². The number of aromatic nitrogens is 4. The molecule has 0 bridgehead atoms. The molecule has 2 aromatic rings. The second kappa shape index (κ2) is 2.07. The standard InChI is InChI=1S/C6H8N6/c1-12-4-3(2-9-12)10-6(8)11-5(4)7/h2H,1H3,(H4,7,8,10,11). The van der Waals surface area contributed by atoms with Crippen molar-refractivity contribution in [1.29, 1.82) is 0 Å². The average Bonchev–Trinajstić information content (AvgIpc) is 2.31. The van der Waals surface area contributed by atoms with Crippen molar-refractivity contribution in [1.82, 2.24) is 19.7 Å². The van der Waals surface area contributed by atoms with E-state index >= 15 is 0 Å². The molecule has 2 aromatic heterocycles. The summed E-state index contributed by atoms with van der Waals surface area (Å²) in [4.78, 5) is 7.78. The van der Waals surface area contributed by atoms with Gasteiger partial charge in [-0.15, -0.1) is 0 Å². The molecule has 0 aliphatic heterocycles. The third-order valence-electron chi connectivity index (χ3n) is 1.63. The number of hydrogen-bond acceptors (Lipinski definition) is 5. The molecule has 12 heavy (non-hydrogen) atoms. The van der Waals surface area contributed by atoms with Gasteiger partial charge in [-0.05, 0) is 0 Å².